The molecule has 0 radical (unpaired) electrons. The molecule has 2 aromatic carbocycles. The summed E-state index contributed by atoms with van der Waals surface area (Å²) in [5, 5.41) is 20.6. The number of benzene rings is 2. The molecule has 0 saturated carbocycles. The van der Waals surface area contributed by atoms with Gasteiger partial charge in [0.05, 0.1) is 16.7 Å². The van der Waals surface area contributed by atoms with Gasteiger partial charge in [-0.2, -0.15) is 5.10 Å². The molecule has 104 valence electrons. The average molecular weight is 281 g/mol. The molecule has 6 heteroatoms. The number of nitrogens with zero attached hydrogens (tertiary/aromatic N) is 3. The zero-order chi connectivity index (χ0) is 14.8. The number of non-ortho nitro benzene ring substituents is 1. The van der Waals surface area contributed by atoms with Crippen molar-refractivity contribution in [1.82, 2.24) is 10.2 Å². The molecule has 0 saturated heterocycles. The predicted molar refractivity (Wildman–Crippen MR) is 77.4 cm³/mol. The van der Waals surface area contributed by atoms with Crippen molar-refractivity contribution in [3.05, 3.63) is 64.3 Å². The van der Waals surface area contributed by atoms with Gasteiger partial charge in [0, 0.05) is 16.8 Å². The molecule has 0 N–H and O–H groups in total. The van der Waals surface area contributed by atoms with E-state index in [2.05, 4.69) is 10.2 Å². The molecule has 0 aliphatic carbocycles. The van der Waals surface area contributed by atoms with E-state index in [1.165, 1.54) is 12.1 Å². The highest BCUT2D eigenvalue weighted by Gasteiger charge is 2.11. The maximum Gasteiger partial charge on any atom is 0.273 e. The lowest BCUT2D eigenvalue weighted by Crippen LogP contribution is -1.95. The number of fused-ring (bicyclic) bond motifs is 1. The van der Waals surface area contributed by atoms with Gasteiger partial charge in [-0.15, -0.1) is 5.10 Å². The quantitative estimate of drug-likeness (QED) is 0.541. The van der Waals surface area contributed by atoms with E-state index in [1.54, 1.807) is 12.1 Å². The standard InChI is InChI=1S/C15H11N3O3/c1-10-13-7-2-3-8-14(13)15(17-16-10)21-12-6-4-5-11(9-12)18(19)20/h2-9H,1H3. The third-order valence-electron chi connectivity index (χ3n) is 3.08. The summed E-state index contributed by atoms with van der Waals surface area (Å²) in [6.07, 6.45) is 0. The molecular formula is C15H11N3O3. The number of nitro groups is 1. The third-order valence-corrected chi connectivity index (χ3v) is 3.08. The van der Waals surface area contributed by atoms with Crippen LogP contribution < -0.4 is 4.74 Å². The molecule has 0 unspecified atom stereocenters. The summed E-state index contributed by atoms with van der Waals surface area (Å²) in [4.78, 5) is 10.3. The van der Waals surface area contributed by atoms with E-state index in [1.807, 2.05) is 31.2 Å². The number of hydrogen-bond acceptors (Lipinski definition) is 5. The minimum absolute atomic E-state index is 0.0307. The van der Waals surface area contributed by atoms with Crippen LogP contribution in [0.2, 0.25) is 0 Å². The predicted octanol–water partition coefficient (Wildman–Crippen LogP) is 3.64. The fraction of sp³-hybridized carbons (Fsp3) is 0.0667. The van der Waals surface area contributed by atoms with Crippen molar-refractivity contribution in [2.75, 3.05) is 0 Å². The van der Waals surface area contributed by atoms with Crippen LogP contribution in [0.4, 0.5) is 5.69 Å². The van der Waals surface area contributed by atoms with Crippen molar-refractivity contribution in [2.24, 2.45) is 0 Å². The largest absolute Gasteiger partial charge is 0.437 e. The van der Waals surface area contributed by atoms with E-state index < -0.39 is 4.92 Å². The molecule has 0 aliphatic rings. The minimum Gasteiger partial charge on any atom is -0.437 e. The Morgan fingerprint density at radius 2 is 1.81 bits per heavy atom. The van der Waals surface area contributed by atoms with Crippen molar-refractivity contribution < 1.29 is 9.66 Å². The highest BCUT2D eigenvalue weighted by atomic mass is 16.6. The van der Waals surface area contributed by atoms with E-state index in [9.17, 15) is 10.1 Å². The summed E-state index contributed by atoms with van der Waals surface area (Å²) < 4.78 is 5.66. The maximum atomic E-state index is 10.8. The lowest BCUT2D eigenvalue weighted by molar-refractivity contribution is -0.384. The molecule has 0 amide bonds. The summed E-state index contributed by atoms with van der Waals surface area (Å²) in [5.74, 6) is 0.684. The second kappa shape index (κ2) is 5.16. The molecule has 0 bridgehead atoms. The Kier molecular flexibility index (Phi) is 3.19. The van der Waals surface area contributed by atoms with Crippen LogP contribution in [-0.2, 0) is 0 Å². The molecule has 6 nitrogen and oxygen atoms in total. The highest BCUT2D eigenvalue weighted by Crippen LogP contribution is 2.29. The molecule has 3 rings (SSSR count). The second-order valence-corrected chi connectivity index (χ2v) is 4.49. The fourth-order valence-electron chi connectivity index (χ4n) is 2.06. The van der Waals surface area contributed by atoms with Gasteiger partial charge in [-0.3, -0.25) is 10.1 Å². The number of aromatic nitrogens is 2. The summed E-state index contributed by atoms with van der Waals surface area (Å²) >= 11 is 0. The lowest BCUT2D eigenvalue weighted by Gasteiger charge is -2.08. The number of rotatable bonds is 3. The zero-order valence-electron chi connectivity index (χ0n) is 11.2. The molecule has 0 fully saturated rings. The topological polar surface area (TPSA) is 78.2 Å². The van der Waals surface area contributed by atoms with Crippen molar-refractivity contribution in [3.63, 3.8) is 0 Å². The lowest BCUT2D eigenvalue weighted by atomic mass is 10.1. The van der Waals surface area contributed by atoms with Crippen LogP contribution in [0.1, 0.15) is 5.69 Å². The number of nitro benzene ring substituents is 1. The van der Waals surface area contributed by atoms with Gasteiger partial charge < -0.3 is 4.74 Å². The fourth-order valence-corrected chi connectivity index (χ4v) is 2.06. The Balaban J connectivity index is 2.04. The van der Waals surface area contributed by atoms with Crippen LogP contribution >= 0.6 is 0 Å². The molecule has 0 atom stereocenters. The molecule has 21 heavy (non-hydrogen) atoms. The first kappa shape index (κ1) is 13.0. The van der Waals surface area contributed by atoms with Gasteiger partial charge in [-0.1, -0.05) is 24.3 Å². The first-order valence-corrected chi connectivity index (χ1v) is 6.29. The van der Waals surface area contributed by atoms with Crippen molar-refractivity contribution in [2.45, 2.75) is 6.92 Å². The van der Waals surface area contributed by atoms with Gasteiger partial charge >= 0.3 is 0 Å². The average Bonchev–Trinajstić information content (AvgIpc) is 2.51. The summed E-state index contributed by atoms with van der Waals surface area (Å²) in [7, 11) is 0. The van der Waals surface area contributed by atoms with Crippen LogP contribution in [0, 0.1) is 17.0 Å². The summed E-state index contributed by atoms with van der Waals surface area (Å²) in [5.41, 5.74) is 0.772. The van der Waals surface area contributed by atoms with Crippen molar-refractivity contribution in [1.29, 1.82) is 0 Å². The molecule has 0 spiro atoms. The Labute approximate surface area is 120 Å². The maximum absolute atomic E-state index is 10.8. The first-order valence-electron chi connectivity index (χ1n) is 6.29. The number of ether oxygens (including phenoxy) is 1. The van der Waals surface area contributed by atoms with Gasteiger partial charge in [0.1, 0.15) is 5.75 Å². The Hall–Kier alpha value is -3.02. The zero-order valence-corrected chi connectivity index (χ0v) is 11.2. The van der Waals surface area contributed by atoms with Crippen LogP contribution in [0.15, 0.2) is 48.5 Å². The van der Waals surface area contributed by atoms with Gasteiger partial charge in [0.2, 0.25) is 5.88 Å². The highest BCUT2D eigenvalue weighted by molar-refractivity contribution is 5.88. The van der Waals surface area contributed by atoms with Gasteiger partial charge in [0.25, 0.3) is 5.69 Å². The third kappa shape index (κ3) is 2.51. The van der Waals surface area contributed by atoms with Crippen molar-refractivity contribution in [3.8, 4) is 11.6 Å². The van der Waals surface area contributed by atoms with Crippen LogP contribution in [0.25, 0.3) is 10.8 Å². The minimum atomic E-state index is -0.466. The Morgan fingerprint density at radius 3 is 2.57 bits per heavy atom. The van der Waals surface area contributed by atoms with E-state index in [0.29, 0.717) is 11.6 Å². The van der Waals surface area contributed by atoms with E-state index in [4.69, 9.17) is 4.74 Å². The molecular weight excluding hydrogens is 270 g/mol. The monoisotopic (exact) mass is 281 g/mol. The smallest absolute Gasteiger partial charge is 0.273 e. The van der Waals surface area contributed by atoms with Crippen LogP contribution in [0.3, 0.4) is 0 Å². The molecule has 1 heterocycles. The van der Waals surface area contributed by atoms with E-state index >= 15 is 0 Å². The summed E-state index contributed by atoms with van der Waals surface area (Å²) in [6, 6.07) is 13.6. The normalized spacial score (nSPS) is 10.5. The van der Waals surface area contributed by atoms with Crippen LogP contribution in [0.5, 0.6) is 11.6 Å². The Morgan fingerprint density at radius 1 is 1.05 bits per heavy atom. The number of hydrogen-bond donors (Lipinski definition) is 0. The van der Waals surface area contributed by atoms with E-state index in [0.717, 1.165) is 16.5 Å². The Bertz CT molecular complexity index is 833. The van der Waals surface area contributed by atoms with Gasteiger partial charge in [-0.05, 0) is 19.1 Å². The van der Waals surface area contributed by atoms with E-state index in [-0.39, 0.29) is 5.69 Å². The van der Waals surface area contributed by atoms with Crippen molar-refractivity contribution >= 4 is 16.5 Å². The molecule has 0 aliphatic heterocycles. The molecule has 3 aromatic rings. The SMILES string of the molecule is Cc1nnc(Oc2cccc([N+](=O)[O-])c2)c2ccccc12. The van der Waals surface area contributed by atoms with Gasteiger partial charge in [0.15, 0.2) is 0 Å². The summed E-state index contributed by atoms with van der Waals surface area (Å²) in [6.45, 7) is 1.87. The second-order valence-electron chi connectivity index (χ2n) is 4.49. The number of aryl methyl sites for hydroxylation is 1. The first-order chi connectivity index (χ1) is 10.1. The van der Waals surface area contributed by atoms with Crippen LogP contribution in [-0.4, -0.2) is 15.1 Å². The molecule has 1 aromatic heterocycles. The van der Waals surface area contributed by atoms with Gasteiger partial charge in [-0.25, -0.2) is 0 Å².